The summed E-state index contributed by atoms with van der Waals surface area (Å²) in [6.07, 6.45) is -2.24. The first-order valence-corrected chi connectivity index (χ1v) is 14.5. The van der Waals surface area contributed by atoms with Gasteiger partial charge in [0.1, 0.15) is 10.5 Å². The number of aliphatic hydroxyl groups excluding tert-OH is 1. The van der Waals surface area contributed by atoms with Crippen LogP contribution < -0.4 is 4.90 Å². The van der Waals surface area contributed by atoms with Gasteiger partial charge in [-0.1, -0.05) is 35.1 Å². The summed E-state index contributed by atoms with van der Waals surface area (Å²) in [6.45, 7) is 5.70. The fourth-order valence-electron chi connectivity index (χ4n) is 4.80. The first-order chi connectivity index (χ1) is 20.2. The van der Waals surface area contributed by atoms with Crippen LogP contribution in [0.2, 0.25) is 5.02 Å². The summed E-state index contributed by atoms with van der Waals surface area (Å²) >= 11 is 6.98. The van der Waals surface area contributed by atoms with E-state index in [9.17, 15) is 28.2 Å². The van der Waals surface area contributed by atoms with Crippen LogP contribution in [0.25, 0.3) is 22.6 Å². The average molecular weight is 636 g/mol. The van der Waals surface area contributed by atoms with Crippen LogP contribution >= 0.6 is 22.9 Å². The summed E-state index contributed by atoms with van der Waals surface area (Å²) < 4.78 is 47.5. The number of amides is 1. The Morgan fingerprint density at radius 2 is 1.98 bits per heavy atom. The highest BCUT2D eigenvalue weighted by Gasteiger charge is 2.35. The second-order valence-corrected chi connectivity index (χ2v) is 12.5. The summed E-state index contributed by atoms with van der Waals surface area (Å²) in [7, 11) is 0. The SMILES string of the molecule is CC(C)(C)OC(=O)N1CCN(c2nc(O)c(C(=Cc3ccc(Cl)cc3C(F)(F)F)c3ccc4[nH]ncc4c3)s2)C(CO)C1. The summed E-state index contributed by atoms with van der Waals surface area (Å²) in [6, 6.07) is 8.16. The largest absolute Gasteiger partial charge is 0.492 e. The number of aromatic nitrogens is 3. The van der Waals surface area contributed by atoms with Crippen LogP contribution in [0.15, 0.2) is 42.6 Å². The molecular formula is C29H29ClF3N5O4S. The molecule has 2 aromatic heterocycles. The number of hydrogen-bond donors (Lipinski definition) is 3. The third-order valence-corrected chi connectivity index (χ3v) is 8.16. The first-order valence-electron chi connectivity index (χ1n) is 13.3. The van der Waals surface area contributed by atoms with Crippen molar-refractivity contribution in [1.82, 2.24) is 20.1 Å². The van der Waals surface area contributed by atoms with E-state index in [0.717, 1.165) is 28.3 Å². The predicted molar refractivity (Wildman–Crippen MR) is 159 cm³/mol. The van der Waals surface area contributed by atoms with Gasteiger partial charge >= 0.3 is 12.3 Å². The van der Waals surface area contributed by atoms with Gasteiger partial charge in [0.15, 0.2) is 5.13 Å². The highest BCUT2D eigenvalue weighted by molar-refractivity contribution is 7.17. The van der Waals surface area contributed by atoms with Gasteiger partial charge in [-0.2, -0.15) is 23.3 Å². The van der Waals surface area contributed by atoms with Gasteiger partial charge in [0.05, 0.1) is 29.9 Å². The molecule has 1 aliphatic heterocycles. The Balaban J connectivity index is 1.56. The van der Waals surface area contributed by atoms with Crippen molar-refractivity contribution in [3.05, 3.63) is 69.2 Å². The summed E-state index contributed by atoms with van der Waals surface area (Å²) in [4.78, 5) is 20.5. The predicted octanol–water partition coefficient (Wildman–Crippen LogP) is 6.40. The Morgan fingerprint density at radius 3 is 2.67 bits per heavy atom. The zero-order chi connectivity index (χ0) is 31.1. The summed E-state index contributed by atoms with van der Waals surface area (Å²) in [5.74, 6) is -0.382. The number of nitrogens with one attached hydrogen (secondary N) is 1. The van der Waals surface area contributed by atoms with E-state index in [0.29, 0.717) is 16.3 Å². The van der Waals surface area contributed by atoms with Crippen LogP contribution in [0.4, 0.5) is 23.1 Å². The van der Waals surface area contributed by atoms with Crippen molar-refractivity contribution in [2.24, 2.45) is 0 Å². The van der Waals surface area contributed by atoms with Crippen molar-refractivity contribution in [2.45, 2.75) is 38.6 Å². The molecule has 0 radical (unpaired) electrons. The standard InChI is InChI=1S/C29H29ClF3N5O4S/c1-28(2,3)42-27(41)37-8-9-38(20(14-37)15-39)26-35-25(40)24(43-26)21(16-5-7-23-18(10-16)13-34-36-23)11-17-4-6-19(30)12-22(17)29(31,32)33/h4-7,10-13,20,39-40H,8-9,14-15H2,1-3H3,(H,34,36). The van der Waals surface area contributed by atoms with E-state index >= 15 is 0 Å². The number of aliphatic hydroxyl groups is 1. The maximum absolute atomic E-state index is 14.0. The van der Waals surface area contributed by atoms with Crippen LogP contribution in [-0.2, 0) is 10.9 Å². The highest BCUT2D eigenvalue weighted by atomic mass is 35.5. The van der Waals surface area contributed by atoms with Gasteiger partial charge in [-0.15, -0.1) is 0 Å². The lowest BCUT2D eigenvalue weighted by molar-refractivity contribution is -0.137. The third-order valence-electron chi connectivity index (χ3n) is 6.81. The summed E-state index contributed by atoms with van der Waals surface area (Å²) in [5, 5.41) is 29.1. The number of aromatic amines is 1. The number of piperazine rings is 1. The molecule has 1 atom stereocenters. The molecule has 1 fully saturated rings. The van der Waals surface area contributed by atoms with Crippen LogP contribution in [0.1, 0.15) is 42.3 Å². The molecule has 43 heavy (non-hydrogen) atoms. The molecule has 228 valence electrons. The zero-order valence-electron chi connectivity index (χ0n) is 23.4. The van der Waals surface area contributed by atoms with Crippen LogP contribution in [0.3, 0.4) is 0 Å². The molecule has 1 amide bonds. The Bertz CT molecular complexity index is 1680. The fourth-order valence-corrected chi connectivity index (χ4v) is 6.07. The number of fused-ring (bicyclic) bond motifs is 1. The van der Waals surface area contributed by atoms with Crippen LogP contribution in [0.5, 0.6) is 5.88 Å². The topological polar surface area (TPSA) is 115 Å². The number of anilines is 1. The number of carbonyl (C=O) groups excluding carboxylic acids is 1. The molecular weight excluding hydrogens is 607 g/mol. The molecule has 0 bridgehead atoms. The highest BCUT2D eigenvalue weighted by Crippen LogP contribution is 2.43. The third kappa shape index (κ3) is 6.73. The number of thiazole rings is 1. The van der Waals surface area contributed by atoms with E-state index in [4.69, 9.17) is 16.3 Å². The van der Waals surface area contributed by atoms with Gasteiger partial charge in [-0.25, -0.2) is 4.79 Å². The molecule has 3 heterocycles. The first kappa shape index (κ1) is 30.6. The van der Waals surface area contributed by atoms with Crippen molar-refractivity contribution in [3.63, 3.8) is 0 Å². The lowest BCUT2D eigenvalue weighted by Crippen LogP contribution is -2.57. The smallest absolute Gasteiger partial charge is 0.417 e. The number of aromatic hydroxyl groups is 1. The number of nitrogens with zero attached hydrogens (tertiary/aromatic N) is 4. The molecule has 0 saturated carbocycles. The molecule has 2 aromatic carbocycles. The number of carbonyl (C=O) groups is 1. The van der Waals surface area contributed by atoms with E-state index in [2.05, 4.69) is 15.2 Å². The van der Waals surface area contributed by atoms with E-state index in [1.807, 2.05) is 0 Å². The second-order valence-electron chi connectivity index (χ2n) is 11.1. The molecule has 1 unspecified atom stereocenters. The number of ether oxygens (including phenoxy) is 1. The van der Waals surface area contributed by atoms with Crippen molar-refractivity contribution in [2.75, 3.05) is 31.1 Å². The Labute approximate surface area is 254 Å². The number of alkyl halides is 3. The minimum atomic E-state index is -4.68. The lowest BCUT2D eigenvalue weighted by Gasteiger charge is -2.40. The molecule has 1 saturated heterocycles. The zero-order valence-corrected chi connectivity index (χ0v) is 25.0. The minimum absolute atomic E-state index is 0.0608. The normalized spacial score (nSPS) is 16.7. The number of rotatable bonds is 5. The number of halogens is 4. The number of hydrogen-bond acceptors (Lipinski definition) is 8. The molecule has 14 heteroatoms. The number of H-pyrrole nitrogens is 1. The molecule has 9 nitrogen and oxygen atoms in total. The average Bonchev–Trinajstić information content (AvgIpc) is 3.56. The monoisotopic (exact) mass is 635 g/mol. The van der Waals surface area contributed by atoms with E-state index in [1.54, 1.807) is 50.1 Å². The number of benzene rings is 2. The van der Waals surface area contributed by atoms with Gasteiger partial charge < -0.3 is 24.7 Å². The van der Waals surface area contributed by atoms with Gasteiger partial charge in [-0.3, -0.25) is 5.10 Å². The summed E-state index contributed by atoms with van der Waals surface area (Å²) in [5.41, 5.74) is -0.205. The van der Waals surface area contributed by atoms with Crippen LogP contribution in [0, 0.1) is 0 Å². The van der Waals surface area contributed by atoms with Crippen molar-refractivity contribution in [1.29, 1.82) is 0 Å². The molecule has 0 spiro atoms. The van der Waals surface area contributed by atoms with Gasteiger partial charge in [0, 0.05) is 35.6 Å². The van der Waals surface area contributed by atoms with Crippen LogP contribution in [-0.4, -0.2) is 74.3 Å². The molecule has 0 aliphatic carbocycles. The van der Waals surface area contributed by atoms with Crippen molar-refractivity contribution >= 4 is 56.7 Å². The molecule has 3 N–H and O–H groups in total. The second kappa shape index (κ2) is 11.7. The lowest BCUT2D eigenvalue weighted by atomic mass is 9.98. The minimum Gasteiger partial charge on any atom is -0.492 e. The van der Waals surface area contributed by atoms with Crippen molar-refractivity contribution in [3.8, 4) is 5.88 Å². The van der Waals surface area contributed by atoms with Gasteiger partial charge in [0.2, 0.25) is 5.88 Å². The molecule has 4 aromatic rings. The maximum Gasteiger partial charge on any atom is 0.417 e. The Hall–Kier alpha value is -3.81. The Kier molecular flexibility index (Phi) is 8.34. The van der Waals surface area contributed by atoms with E-state index < -0.39 is 29.5 Å². The van der Waals surface area contributed by atoms with E-state index in [-0.39, 0.29) is 47.6 Å². The van der Waals surface area contributed by atoms with E-state index in [1.165, 1.54) is 23.1 Å². The Morgan fingerprint density at radius 1 is 1.21 bits per heavy atom. The van der Waals surface area contributed by atoms with Gasteiger partial charge in [-0.05, 0) is 62.2 Å². The maximum atomic E-state index is 14.0. The van der Waals surface area contributed by atoms with Crippen molar-refractivity contribution < 1.29 is 32.9 Å². The molecule has 1 aliphatic rings. The quantitative estimate of drug-likeness (QED) is 0.217. The van der Waals surface area contributed by atoms with Gasteiger partial charge in [0.25, 0.3) is 0 Å². The fraction of sp³-hybridized carbons (Fsp3) is 0.345. The molecule has 5 rings (SSSR count).